The van der Waals surface area contributed by atoms with E-state index in [4.69, 9.17) is 16.6 Å². The van der Waals surface area contributed by atoms with Crippen LogP contribution in [0.15, 0.2) is 61.7 Å². The van der Waals surface area contributed by atoms with Crippen molar-refractivity contribution in [2.45, 2.75) is 16.3 Å². The Hall–Kier alpha value is -3.08. The number of fused-ring (bicyclic) bond motifs is 1. The van der Waals surface area contributed by atoms with Crippen molar-refractivity contribution < 1.29 is 16.8 Å². The molecule has 15 heteroatoms. The molecule has 7 N–H and O–H groups in total. The van der Waals surface area contributed by atoms with Gasteiger partial charge >= 0.3 is 0 Å². The highest BCUT2D eigenvalue weighted by Crippen LogP contribution is 2.36. The zero-order valence-electron chi connectivity index (χ0n) is 17.9. The lowest BCUT2D eigenvalue weighted by atomic mass is 9.98. The molecule has 4 rings (SSSR count). The topological polar surface area (TPSA) is 213 Å². The quantitative estimate of drug-likeness (QED) is 0.305. The Labute approximate surface area is 195 Å². The summed E-state index contributed by atoms with van der Waals surface area (Å²) in [6, 6.07) is 7.98. The minimum Gasteiger partial charge on any atom is -0.329 e. The Morgan fingerprint density at radius 3 is 2.50 bits per heavy atom. The third kappa shape index (κ3) is 4.48. The highest BCUT2D eigenvalue weighted by molar-refractivity contribution is 7.92. The van der Waals surface area contributed by atoms with Gasteiger partial charge in [-0.15, -0.1) is 5.11 Å². The Kier molecular flexibility index (Phi) is 6.57. The van der Waals surface area contributed by atoms with Gasteiger partial charge in [-0.1, -0.05) is 12.1 Å². The number of azo groups is 1. The SMILES string of the molecule is NCCNS(=O)(=O)c1ccc(-c2ccc3ncn(CCN)c3c2)c(C2=NCN=N2)c1S(N)(=O)=O. The summed E-state index contributed by atoms with van der Waals surface area (Å²) in [5, 5.41) is 13.3. The van der Waals surface area contributed by atoms with Crippen LogP contribution in [-0.2, 0) is 26.6 Å². The summed E-state index contributed by atoms with van der Waals surface area (Å²) in [5.74, 6) is -0.0366. The second kappa shape index (κ2) is 9.28. The molecule has 34 heavy (non-hydrogen) atoms. The minimum atomic E-state index is -4.56. The molecule has 2 heterocycles. The maximum absolute atomic E-state index is 12.9. The molecule has 0 atom stereocenters. The molecule has 0 amide bonds. The van der Waals surface area contributed by atoms with E-state index < -0.39 is 29.8 Å². The van der Waals surface area contributed by atoms with E-state index in [2.05, 4.69) is 24.9 Å². The van der Waals surface area contributed by atoms with Crippen molar-refractivity contribution in [3.8, 4) is 11.1 Å². The molecule has 1 aliphatic heterocycles. The van der Waals surface area contributed by atoms with Crippen LogP contribution in [0.5, 0.6) is 0 Å². The third-order valence-electron chi connectivity index (χ3n) is 5.11. The van der Waals surface area contributed by atoms with Crippen molar-refractivity contribution in [2.75, 3.05) is 26.3 Å². The molecule has 0 spiro atoms. The zero-order chi connectivity index (χ0) is 24.5. The van der Waals surface area contributed by atoms with Gasteiger partial charge in [-0.05, 0) is 29.3 Å². The van der Waals surface area contributed by atoms with Crippen molar-refractivity contribution in [2.24, 2.45) is 31.8 Å². The number of nitrogens with zero attached hydrogens (tertiary/aromatic N) is 5. The Morgan fingerprint density at radius 2 is 1.85 bits per heavy atom. The number of nitrogens with one attached hydrogen (secondary N) is 1. The summed E-state index contributed by atoms with van der Waals surface area (Å²) in [7, 11) is -8.83. The molecular formula is C19H23N9O4S2. The van der Waals surface area contributed by atoms with Crippen molar-refractivity contribution in [1.82, 2.24) is 14.3 Å². The molecule has 1 aliphatic rings. The fraction of sp³-hybridized carbons (Fsp3) is 0.263. The number of hydrogen-bond acceptors (Lipinski definition) is 10. The van der Waals surface area contributed by atoms with Crippen LogP contribution in [0.25, 0.3) is 22.2 Å². The number of amidine groups is 1. The first-order valence-corrected chi connectivity index (χ1v) is 13.2. The predicted molar refractivity (Wildman–Crippen MR) is 126 cm³/mol. The van der Waals surface area contributed by atoms with Crippen molar-refractivity contribution in [3.63, 3.8) is 0 Å². The van der Waals surface area contributed by atoms with Crippen LogP contribution in [0.3, 0.4) is 0 Å². The van der Waals surface area contributed by atoms with Gasteiger partial charge in [-0.3, -0.25) is 0 Å². The highest BCUT2D eigenvalue weighted by atomic mass is 32.2. The summed E-state index contributed by atoms with van der Waals surface area (Å²) in [6.45, 7) is 0.831. The smallest absolute Gasteiger partial charge is 0.241 e. The third-order valence-corrected chi connectivity index (χ3v) is 7.73. The van der Waals surface area contributed by atoms with Crippen molar-refractivity contribution in [3.05, 3.63) is 42.2 Å². The summed E-state index contributed by atoms with van der Waals surface area (Å²) in [4.78, 5) is 7.34. The number of benzene rings is 2. The molecular weight excluding hydrogens is 482 g/mol. The Balaban J connectivity index is 2.04. The van der Waals surface area contributed by atoms with E-state index in [-0.39, 0.29) is 31.2 Å². The number of sulfonamides is 2. The first-order chi connectivity index (χ1) is 16.2. The van der Waals surface area contributed by atoms with E-state index in [1.54, 1.807) is 24.5 Å². The normalized spacial score (nSPS) is 14.1. The zero-order valence-corrected chi connectivity index (χ0v) is 19.6. The summed E-state index contributed by atoms with van der Waals surface area (Å²) < 4.78 is 55.5. The molecule has 0 fully saturated rings. The van der Waals surface area contributed by atoms with Gasteiger partial charge in [-0.25, -0.2) is 36.7 Å². The van der Waals surface area contributed by atoms with Crippen LogP contribution in [0.1, 0.15) is 5.56 Å². The van der Waals surface area contributed by atoms with Crippen molar-refractivity contribution >= 4 is 36.9 Å². The maximum atomic E-state index is 12.9. The molecule has 0 saturated carbocycles. The van der Waals surface area contributed by atoms with Gasteiger partial charge in [0.05, 0.1) is 22.9 Å². The molecule has 180 valence electrons. The molecule has 0 unspecified atom stereocenters. The molecule has 3 aromatic rings. The number of hydrogen-bond donors (Lipinski definition) is 4. The standard InChI is InChI=1S/C19H23N9O4S2/c20-5-7-26-34(31,32)16-4-2-13(17(18(16)33(22,29)30)19-23-10-25-27-19)12-1-3-14-15(9-12)28(8-6-21)11-24-14/h1-4,9,11,26H,5-8,10,20-21H2,(H2,22,29,30). The lowest BCUT2D eigenvalue weighted by Gasteiger charge is -2.17. The second-order valence-corrected chi connectivity index (χ2v) is 10.6. The number of aromatic nitrogens is 2. The van der Waals surface area contributed by atoms with E-state index in [0.717, 1.165) is 5.52 Å². The van der Waals surface area contributed by atoms with Gasteiger partial charge in [0.25, 0.3) is 0 Å². The molecule has 13 nitrogen and oxygen atoms in total. The molecule has 1 aromatic heterocycles. The number of nitrogens with two attached hydrogens (primary N) is 3. The molecule has 0 saturated heterocycles. The molecule has 2 aromatic carbocycles. The van der Waals surface area contributed by atoms with Gasteiger partial charge in [0.15, 0.2) is 12.5 Å². The van der Waals surface area contributed by atoms with Crippen LogP contribution in [0.4, 0.5) is 0 Å². The number of imidazole rings is 1. The van der Waals surface area contributed by atoms with Gasteiger partial charge in [0, 0.05) is 26.2 Å². The maximum Gasteiger partial charge on any atom is 0.241 e. The highest BCUT2D eigenvalue weighted by Gasteiger charge is 2.32. The monoisotopic (exact) mass is 505 g/mol. The van der Waals surface area contributed by atoms with E-state index >= 15 is 0 Å². The minimum absolute atomic E-state index is 0.0201. The lowest BCUT2D eigenvalue weighted by Crippen LogP contribution is -2.31. The van der Waals surface area contributed by atoms with E-state index in [1.165, 1.54) is 12.1 Å². The van der Waals surface area contributed by atoms with Crippen LogP contribution in [-0.4, -0.2) is 58.5 Å². The van der Waals surface area contributed by atoms with Crippen LogP contribution >= 0.6 is 0 Å². The second-order valence-electron chi connectivity index (χ2n) is 7.34. The fourth-order valence-corrected chi connectivity index (χ4v) is 6.34. The molecule has 0 bridgehead atoms. The largest absolute Gasteiger partial charge is 0.329 e. The Bertz CT molecular complexity index is 1530. The average Bonchev–Trinajstić information content (AvgIpc) is 3.46. The predicted octanol–water partition coefficient (Wildman–Crippen LogP) is -0.284. The summed E-state index contributed by atoms with van der Waals surface area (Å²) >= 11 is 0. The van der Waals surface area contributed by atoms with Gasteiger partial charge in [0.1, 0.15) is 9.79 Å². The van der Waals surface area contributed by atoms with E-state index in [9.17, 15) is 16.8 Å². The van der Waals surface area contributed by atoms with Crippen molar-refractivity contribution in [1.29, 1.82) is 0 Å². The van der Waals surface area contributed by atoms with Gasteiger partial charge in [0.2, 0.25) is 20.0 Å². The first-order valence-electron chi connectivity index (χ1n) is 10.1. The van der Waals surface area contributed by atoms with E-state index in [1.807, 2.05) is 4.57 Å². The van der Waals surface area contributed by atoms with Gasteiger partial charge in [-0.2, -0.15) is 5.11 Å². The van der Waals surface area contributed by atoms with Crippen LogP contribution in [0.2, 0.25) is 0 Å². The van der Waals surface area contributed by atoms with Gasteiger partial charge < -0.3 is 16.0 Å². The van der Waals surface area contributed by atoms with E-state index in [0.29, 0.717) is 29.7 Å². The molecule has 0 aliphatic carbocycles. The number of aliphatic imine (C=N–C) groups is 1. The lowest BCUT2D eigenvalue weighted by molar-refractivity contribution is 0.573. The summed E-state index contributed by atoms with van der Waals surface area (Å²) in [5.41, 5.74) is 13.5. The Morgan fingerprint density at radius 1 is 1.06 bits per heavy atom. The summed E-state index contributed by atoms with van der Waals surface area (Å²) in [6.07, 6.45) is 1.66. The fourth-order valence-electron chi connectivity index (χ4n) is 3.69. The molecule has 0 radical (unpaired) electrons. The average molecular weight is 506 g/mol. The van der Waals surface area contributed by atoms with Crippen LogP contribution < -0.4 is 21.3 Å². The number of primary sulfonamides is 1. The number of rotatable bonds is 9. The van der Waals surface area contributed by atoms with Crippen LogP contribution in [0, 0.1) is 0 Å². The first kappa shape index (κ1) is 24.1.